The van der Waals surface area contributed by atoms with Gasteiger partial charge in [-0.15, -0.1) is 0 Å². The van der Waals surface area contributed by atoms with Crippen molar-refractivity contribution in [2.75, 3.05) is 0 Å². The van der Waals surface area contributed by atoms with E-state index in [1.54, 1.807) is 11.1 Å². The largest absolute Gasteiger partial charge is 0.0839 e. The molecule has 1 atom stereocenters. The van der Waals surface area contributed by atoms with Crippen molar-refractivity contribution in [1.82, 2.24) is 0 Å². The lowest BCUT2D eigenvalue weighted by molar-refractivity contribution is 0.474. The molecule has 0 heterocycles. The van der Waals surface area contributed by atoms with E-state index in [4.69, 9.17) is 0 Å². The van der Waals surface area contributed by atoms with Crippen LogP contribution >= 0.6 is 0 Å². The molecular weight excluding hydrogens is 156 g/mol. The number of rotatable bonds is 1. The molecule has 72 valence electrons. The quantitative estimate of drug-likeness (QED) is 0.528. The van der Waals surface area contributed by atoms with Crippen molar-refractivity contribution in [1.29, 1.82) is 0 Å². The summed E-state index contributed by atoms with van der Waals surface area (Å²) in [6.45, 7) is 4.69. The van der Waals surface area contributed by atoms with Gasteiger partial charge in [0.25, 0.3) is 0 Å². The Bertz CT molecular complexity index is 243. The van der Waals surface area contributed by atoms with E-state index in [1.165, 1.54) is 32.1 Å². The summed E-state index contributed by atoms with van der Waals surface area (Å²) in [7, 11) is 0. The van der Waals surface area contributed by atoms with Gasteiger partial charge in [0.2, 0.25) is 0 Å². The van der Waals surface area contributed by atoms with Crippen LogP contribution in [-0.2, 0) is 0 Å². The maximum Gasteiger partial charge on any atom is 0.000266 e. The zero-order chi connectivity index (χ0) is 9.26. The van der Waals surface area contributed by atoms with E-state index in [2.05, 4.69) is 26.0 Å². The van der Waals surface area contributed by atoms with Gasteiger partial charge in [-0.3, -0.25) is 0 Å². The van der Waals surface area contributed by atoms with Crippen molar-refractivity contribution in [3.05, 3.63) is 23.3 Å². The standard InChI is InChI=1S/C13H20/c1-10(2)12-9-5-7-11-6-3-4-8-13(11)12/h5,9-10,12H,3-4,6-8H2,1-2H3. The van der Waals surface area contributed by atoms with Crippen LogP contribution in [0.25, 0.3) is 0 Å². The summed E-state index contributed by atoms with van der Waals surface area (Å²) in [4.78, 5) is 0. The predicted octanol–water partition coefficient (Wildman–Crippen LogP) is 4.09. The molecule has 1 unspecified atom stereocenters. The van der Waals surface area contributed by atoms with Crippen molar-refractivity contribution >= 4 is 0 Å². The van der Waals surface area contributed by atoms with Crippen LogP contribution in [0.3, 0.4) is 0 Å². The Morgan fingerprint density at radius 1 is 1.23 bits per heavy atom. The number of hydrogen-bond acceptors (Lipinski definition) is 0. The molecule has 0 fully saturated rings. The lowest BCUT2D eigenvalue weighted by atomic mass is 9.75. The Morgan fingerprint density at radius 3 is 2.77 bits per heavy atom. The fraction of sp³-hybridized carbons (Fsp3) is 0.692. The van der Waals surface area contributed by atoms with Crippen molar-refractivity contribution in [3.63, 3.8) is 0 Å². The van der Waals surface area contributed by atoms with E-state index >= 15 is 0 Å². The van der Waals surface area contributed by atoms with E-state index < -0.39 is 0 Å². The molecule has 0 aromatic rings. The van der Waals surface area contributed by atoms with E-state index in [9.17, 15) is 0 Å². The average Bonchev–Trinajstić information content (AvgIpc) is 2.17. The molecule has 0 heteroatoms. The second kappa shape index (κ2) is 3.69. The zero-order valence-corrected chi connectivity index (χ0v) is 8.84. The SMILES string of the molecule is CC(C)C1C=CCC2=C1CCCC2. The monoisotopic (exact) mass is 176 g/mol. The van der Waals surface area contributed by atoms with Crippen LogP contribution < -0.4 is 0 Å². The average molecular weight is 176 g/mol. The van der Waals surface area contributed by atoms with E-state index in [0.717, 1.165) is 11.8 Å². The van der Waals surface area contributed by atoms with E-state index in [-0.39, 0.29) is 0 Å². The summed E-state index contributed by atoms with van der Waals surface area (Å²) in [6, 6.07) is 0. The third kappa shape index (κ3) is 1.72. The number of allylic oxidation sites excluding steroid dienone is 4. The first kappa shape index (κ1) is 9.05. The molecule has 0 aliphatic heterocycles. The Kier molecular flexibility index (Phi) is 2.57. The third-order valence-corrected chi connectivity index (χ3v) is 3.46. The Hall–Kier alpha value is -0.520. The molecule has 0 saturated heterocycles. The van der Waals surface area contributed by atoms with Crippen LogP contribution in [0.5, 0.6) is 0 Å². The van der Waals surface area contributed by atoms with Gasteiger partial charge in [0.1, 0.15) is 0 Å². The third-order valence-electron chi connectivity index (χ3n) is 3.46. The van der Waals surface area contributed by atoms with E-state index in [1.807, 2.05) is 0 Å². The fourth-order valence-electron chi connectivity index (χ4n) is 2.72. The molecule has 0 radical (unpaired) electrons. The van der Waals surface area contributed by atoms with Crippen molar-refractivity contribution in [2.45, 2.75) is 46.0 Å². The molecule has 2 aliphatic rings. The molecule has 0 saturated carbocycles. The summed E-state index contributed by atoms with van der Waals surface area (Å²) >= 11 is 0. The van der Waals surface area contributed by atoms with Gasteiger partial charge in [0.15, 0.2) is 0 Å². The molecule has 2 aliphatic carbocycles. The Labute approximate surface area is 81.7 Å². The number of hydrogen-bond donors (Lipinski definition) is 0. The first-order chi connectivity index (χ1) is 6.29. The lowest BCUT2D eigenvalue weighted by Gasteiger charge is -2.30. The van der Waals surface area contributed by atoms with Crippen LogP contribution in [0.15, 0.2) is 23.3 Å². The minimum atomic E-state index is 0.768. The van der Waals surface area contributed by atoms with Gasteiger partial charge in [-0.05, 0) is 38.0 Å². The fourth-order valence-corrected chi connectivity index (χ4v) is 2.72. The molecule has 13 heavy (non-hydrogen) atoms. The molecule has 0 spiro atoms. The van der Waals surface area contributed by atoms with Crippen molar-refractivity contribution < 1.29 is 0 Å². The van der Waals surface area contributed by atoms with Gasteiger partial charge < -0.3 is 0 Å². The molecule has 2 rings (SSSR count). The van der Waals surface area contributed by atoms with Crippen LogP contribution in [-0.4, -0.2) is 0 Å². The summed E-state index contributed by atoms with van der Waals surface area (Å²) in [5, 5.41) is 0. The van der Waals surface area contributed by atoms with Crippen molar-refractivity contribution in [3.8, 4) is 0 Å². The molecular formula is C13H20. The molecule has 0 aromatic carbocycles. The second-order valence-corrected chi connectivity index (χ2v) is 4.74. The van der Waals surface area contributed by atoms with Crippen LogP contribution in [0.4, 0.5) is 0 Å². The molecule has 0 aromatic heterocycles. The van der Waals surface area contributed by atoms with Crippen LogP contribution in [0, 0.1) is 11.8 Å². The summed E-state index contributed by atoms with van der Waals surface area (Å²) in [5.74, 6) is 1.56. The molecule has 0 amide bonds. The van der Waals surface area contributed by atoms with Crippen LogP contribution in [0.1, 0.15) is 46.0 Å². The Morgan fingerprint density at radius 2 is 2.00 bits per heavy atom. The highest BCUT2D eigenvalue weighted by Crippen LogP contribution is 2.38. The Balaban J connectivity index is 2.23. The lowest BCUT2D eigenvalue weighted by Crippen LogP contribution is -2.16. The highest BCUT2D eigenvalue weighted by molar-refractivity contribution is 5.29. The first-order valence-electron chi connectivity index (χ1n) is 5.66. The van der Waals surface area contributed by atoms with E-state index in [0.29, 0.717) is 0 Å². The summed E-state index contributed by atoms with van der Waals surface area (Å²) in [6.07, 6.45) is 11.7. The molecule has 0 nitrogen and oxygen atoms in total. The van der Waals surface area contributed by atoms with Crippen LogP contribution in [0.2, 0.25) is 0 Å². The van der Waals surface area contributed by atoms with Gasteiger partial charge in [0, 0.05) is 5.92 Å². The smallest absolute Gasteiger partial charge is 0.000266 e. The summed E-state index contributed by atoms with van der Waals surface area (Å²) < 4.78 is 0. The molecule has 0 N–H and O–H groups in total. The minimum absolute atomic E-state index is 0.768. The normalized spacial score (nSPS) is 28.1. The van der Waals surface area contributed by atoms with Gasteiger partial charge in [-0.1, -0.05) is 37.1 Å². The highest BCUT2D eigenvalue weighted by atomic mass is 14.3. The summed E-state index contributed by atoms with van der Waals surface area (Å²) in [5.41, 5.74) is 3.57. The molecule has 0 bridgehead atoms. The first-order valence-corrected chi connectivity index (χ1v) is 5.66. The zero-order valence-electron chi connectivity index (χ0n) is 8.84. The van der Waals surface area contributed by atoms with Crippen molar-refractivity contribution in [2.24, 2.45) is 11.8 Å². The van der Waals surface area contributed by atoms with Gasteiger partial charge >= 0.3 is 0 Å². The van der Waals surface area contributed by atoms with Gasteiger partial charge in [0.05, 0.1) is 0 Å². The highest BCUT2D eigenvalue weighted by Gasteiger charge is 2.23. The maximum absolute atomic E-state index is 2.44. The second-order valence-electron chi connectivity index (χ2n) is 4.74. The topological polar surface area (TPSA) is 0 Å². The predicted molar refractivity (Wildman–Crippen MR) is 57.6 cm³/mol. The minimum Gasteiger partial charge on any atom is -0.0839 e. The van der Waals surface area contributed by atoms with Gasteiger partial charge in [-0.2, -0.15) is 0 Å². The maximum atomic E-state index is 2.44. The van der Waals surface area contributed by atoms with Gasteiger partial charge in [-0.25, -0.2) is 0 Å².